The molecule has 3 N–H and O–H groups in total. The Labute approximate surface area is 292 Å². The molecule has 0 aliphatic carbocycles. The van der Waals surface area contributed by atoms with Gasteiger partial charge in [-0.2, -0.15) is 5.10 Å². The Balaban J connectivity index is 1.39. The number of carbonyl (C=O) groups is 3. The van der Waals surface area contributed by atoms with Crippen molar-refractivity contribution < 1.29 is 38.1 Å². The third kappa shape index (κ3) is 9.24. The second-order valence-corrected chi connectivity index (χ2v) is 11.3. The smallest absolute Gasteiger partial charge is 0.338 e. The molecule has 1 aliphatic heterocycles. The highest BCUT2D eigenvalue weighted by atomic mass is 35.5. The van der Waals surface area contributed by atoms with Crippen molar-refractivity contribution in [2.75, 3.05) is 26.9 Å². The highest BCUT2D eigenvalue weighted by molar-refractivity contribution is 6.42. The van der Waals surface area contributed by atoms with Gasteiger partial charge in [-0.15, -0.1) is 0 Å². The van der Waals surface area contributed by atoms with Gasteiger partial charge in [-0.1, -0.05) is 46.9 Å². The molecule has 15 heteroatoms. The first-order valence-electron chi connectivity index (χ1n) is 14.7. The van der Waals surface area contributed by atoms with E-state index in [9.17, 15) is 14.4 Å². The van der Waals surface area contributed by atoms with Crippen molar-refractivity contribution in [1.82, 2.24) is 16.1 Å². The van der Waals surface area contributed by atoms with Gasteiger partial charge < -0.3 is 34.3 Å². The Kier molecular flexibility index (Phi) is 12.8. The SMILES string of the molecule is CCOC(=O)C1=C(C)NC(=O)N[C@H]1c1ccc(OCC(=O)N/N=C\c2cc(Cl)c(OCc3ccc(Cl)c(Cl)c3)c(OCC)c2)c(OC)c1. The Morgan fingerprint density at radius 1 is 0.917 bits per heavy atom. The Bertz CT molecular complexity index is 1750. The summed E-state index contributed by atoms with van der Waals surface area (Å²) in [7, 11) is 1.43. The maximum absolute atomic E-state index is 12.6. The van der Waals surface area contributed by atoms with Crippen LogP contribution >= 0.6 is 34.8 Å². The largest absolute Gasteiger partial charge is 0.493 e. The summed E-state index contributed by atoms with van der Waals surface area (Å²) < 4.78 is 28.0. The number of hydrogen-bond acceptors (Lipinski definition) is 9. The van der Waals surface area contributed by atoms with Gasteiger partial charge in [0.1, 0.15) is 6.61 Å². The van der Waals surface area contributed by atoms with Crippen LogP contribution < -0.4 is 35.0 Å². The third-order valence-corrected chi connectivity index (χ3v) is 7.77. The lowest BCUT2D eigenvalue weighted by atomic mass is 9.95. The lowest BCUT2D eigenvalue weighted by Crippen LogP contribution is -2.45. The quantitative estimate of drug-likeness (QED) is 0.0993. The number of nitrogens with zero attached hydrogens (tertiary/aromatic N) is 1. The van der Waals surface area contributed by atoms with Gasteiger partial charge in [-0.25, -0.2) is 15.0 Å². The fourth-order valence-electron chi connectivity index (χ4n) is 4.61. The van der Waals surface area contributed by atoms with Crippen LogP contribution in [0.3, 0.4) is 0 Å². The van der Waals surface area contributed by atoms with E-state index in [1.165, 1.54) is 13.3 Å². The van der Waals surface area contributed by atoms with Gasteiger partial charge >= 0.3 is 12.0 Å². The number of nitrogens with one attached hydrogen (secondary N) is 3. The van der Waals surface area contributed by atoms with E-state index >= 15 is 0 Å². The molecule has 0 aromatic heterocycles. The van der Waals surface area contributed by atoms with Gasteiger partial charge in [0.15, 0.2) is 29.6 Å². The van der Waals surface area contributed by atoms with Gasteiger partial charge in [0, 0.05) is 5.70 Å². The van der Waals surface area contributed by atoms with Gasteiger partial charge in [-0.3, -0.25) is 4.79 Å². The zero-order valence-electron chi connectivity index (χ0n) is 26.4. The summed E-state index contributed by atoms with van der Waals surface area (Å²) in [4.78, 5) is 37.4. The molecule has 1 aliphatic rings. The number of urea groups is 1. The minimum Gasteiger partial charge on any atom is -0.493 e. The van der Waals surface area contributed by atoms with Crippen molar-refractivity contribution in [3.63, 3.8) is 0 Å². The van der Waals surface area contributed by atoms with Crippen LogP contribution in [0.4, 0.5) is 4.79 Å². The monoisotopic (exact) mass is 718 g/mol. The van der Waals surface area contributed by atoms with Crippen molar-refractivity contribution in [3.05, 3.63) is 91.6 Å². The van der Waals surface area contributed by atoms with Gasteiger partial charge in [0.25, 0.3) is 5.91 Å². The Morgan fingerprint density at radius 3 is 2.42 bits per heavy atom. The molecule has 254 valence electrons. The zero-order chi connectivity index (χ0) is 34.8. The summed E-state index contributed by atoms with van der Waals surface area (Å²) >= 11 is 18.6. The van der Waals surface area contributed by atoms with Crippen LogP contribution in [0.25, 0.3) is 0 Å². The summed E-state index contributed by atoms with van der Waals surface area (Å²) in [5.74, 6) is 0.139. The van der Waals surface area contributed by atoms with E-state index in [0.717, 1.165) is 5.56 Å². The van der Waals surface area contributed by atoms with E-state index in [2.05, 4.69) is 21.2 Å². The molecule has 4 rings (SSSR count). The molecular weight excluding hydrogens is 687 g/mol. The maximum Gasteiger partial charge on any atom is 0.338 e. The fourth-order valence-corrected chi connectivity index (χ4v) is 5.21. The molecule has 3 amide bonds. The highest BCUT2D eigenvalue weighted by Crippen LogP contribution is 2.38. The molecule has 3 aromatic carbocycles. The molecule has 0 saturated carbocycles. The van der Waals surface area contributed by atoms with Gasteiger partial charge in [0.05, 0.1) is 53.2 Å². The van der Waals surface area contributed by atoms with Crippen LogP contribution in [0, 0.1) is 0 Å². The number of methoxy groups -OCH3 is 1. The third-order valence-electron chi connectivity index (χ3n) is 6.75. The molecule has 0 spiro atoms. The first-order chi connectivity index (χ1) is 23.0. The van der Waals surface area contributed by atoms with Crippen molar-refractivity contribution in [1.29, 1.82) is 0 Å². The lowest BCUT2D eigenvalue weighted by molar-refractivity contribution is -0.139. The molecule has 1 atom stereocenters. The molecule has 1 heterocycles. The van der Waals surface area contributed by atoms with Crippen molar-refractivity contribution in [2.45, 2.75) is 33.4 Å². The summed E-state index contributed by atoms with van der Waals surface area (Å²) in [5.41, 5.74) is 4.90. The van der Waals surface area contributed by atoms with Crippen LogP contribution in [0.5, 0.6) is 23.0 Å². The average molecular weight is 720 g/mol. The van der Waals surface area contributed by atoms with Crippen molar-refractivity contribution >= 4 is 58.9 Å². The minimum absolute atomic E-state index is 0.171. The molecule has 0 saturated heterocycles. The van der Waals surface area contributed by atoms with E-state index in [1.807, 2.05) is 6.92 Å². The van der Waals surface area contributed by atoms with Crippen LogP contribution in [0.1, 0.15) is 43.5 Å². The van der Waals surface area contributed by atoms with Crippen LogP contribution in [-0.2, 0) is 20.9 Å². The topological polar surface area (TPSA) is 146 Å². The number of esters is 1. The summed E-state index contributed by atoms with van der Waals surface area (Å²) in [6.45, 7) is 5.44. The number of benzene rings is 3. The fraction of sp³-hybridized carbons (Fsp3) is 0.273. The molecule has 0 unspecified atom stereocenters. The lowest BCUT2D eigenvalue weighted by Gasteiger charge is -2.28. The number of allylic oxidation sites excluding steroid dienone is 1. The second kappa shape index (κ2) is 17.0. The molecule has 0 fully saturated rings. The Hall–Kier alpha value is -4.65. The summed E-state index contributed by atoms with van der Waals surface area (Å²) in [6.07, 6.45) is 1.40. The first-order valence-corrected chi connectivity index (χ1v) is 15.8. The van der Waals surface area contributed by atoms with Crippen LogP contribution in [0.15, 0.2) is 64.9 Å². The number of hydrogen-bond donors (Lipinski definition) is 3. The maximum atomic E-state index is 12.6. The molecule has 0 radical (unpaired) electrons. The summed E-state index contributed by atoms with van der Waals surface area (Å²) in [6, 6.07) is 12.0. The number of carbonyl (C=O) groups excluding carboxylic acids is 3. The predicted molar refractivity (Wildman–Crippen MR) is 181 cm³/mol. The molecule has 48 heavy (non-hydrogen) atoms. The molecule has 3 aromatic rings. The molecular formula is C33H33Cl3N4O8. The van der Waals surface area contributed by atoms with Crippen molar-refractivity contribution in [2.24, 2.45) is 5.10 Å². The normalized spacial score (nSPS) is 14.2. The van der Waals surface area contributed by atoms with E-state index in [1.54, 1.807) is 62.4 Å². The predicted octanol–water partition coefficient (Wildman–Crippen LogP) is 6.35. The average Bonchev–Trinajstić information content (AvgIpc) is 3.04. The number of halogens is 3. The number of rotatable bonds is 14. The van der Waals surface area contributed by atoms with E-state index in [0.29, 0.717) is 45.0 Å². The van der Waals surface area contributed by atoms with Crippen LogP contribution in [-0.4, -0.2) is 51.1 Å². The summed E-state index contributed by atoms with van der Waals surface area (Å²) in [5, 5.41) is 10.4. The first kappa shape index (κ1) is 36.2. The molecule has 0 bridgehead atoms. The highest BCUT2D eigenvalue weighted by Gasteiger charge is 2.32. The van der Waals surface area contributed by atoms with Crippen molar-refractivity contribution in [3.8, 4) is 23.0 Å². The second-order valence-electron chi connectivity index (χ2n) is 10.1. The minimum atomic E-state index is -0.793. The number of amides is 3. The van der Waals surface area contributed by atoms with E-state index in [4.69, 9.17) is 58.5 Å². The number of hydrazone groups is 1. The zero-order valence-corrected chi connectivity index (χ0v) is 28.7. The number of ether oxygens (including phenoxy) is 5. The van der Waals surface area contributed by atoms with E-state index < -0.39 is 30.6 Å². The van der Waals surface area contributed by atoms with Gasteiger partial charge in [0.2, 0.25) is 0 Å². The standard InChI is InChI=1S/C33H33Cl3N4O8/c1-5-45-27-13-20(12-24(36)31(27)48-16-19-7-9-22(34)23(35)11-19)15-37-40-28(41)17-47-25-10-8-21(14-26(25)44-4)30-29(32(42)46-6-2)18(3)38-33(43)39-30/h7-15,30H,5-6,16-17H2,1-4H3,(H,40,41)(H2,38,39,43)/b37-15-/t30-/m0/s1. The van der Waals surface area contributed by atoms with Crippen LogP contribution in [0.2, 0.25) is 15.1 Å². The van der Waals surface area contributed by atoms with E-state index in [-0.39, 0.29) is 35.3 Å². The molecule has 12 nitrogen and oxygen atoms in total. The Morgan fingerprint density at radius 2 is 1.71 bits per heavy atom. The van der Waals surface area contributed by atoms with Gasteiger partial charge in [-0.05, 0) is 73.9 Å².